The topological polar surface area (TPSA) is 47.2 Å². The van der Waals surface area contributed by atoms with Gasteiger partial charge < -0.3 is 5.11 Å². The summed E-state index contributed by atoms with van der Waals surface area (Å²) in [5, 5.41) is 9.19. The third-order valence-corrected chi connectivity index (χ3v) is 1.68. The van der Waals surface area contributed by atoms with Crippen molar-refractivity contribution in [1.82, 2.24) is 9.13 Å². The van der Waals surface area contributed by atoms with Crippen LogP contribution in [-0.2, 0) is 13.1 Å². The first-order valence-corrected chi connectivity index (χ1v) is 3.69. The predicted molar refractivity (Wildman–Crippen MR) is 41.7 cm³/mol. The Morgan fingerprint density at radius 3 is 2.36 bits per heavy atom. The van der Waals surface area contributed by atoms with Crippen LogP contribution in [0, 0.1) is 0 Å². The van der Waals surface area contributed by atoms with Crippen LogP contribution in [0.4, 0.5) is 0 Å². The van der Waals surface area contributed by atoms with Gasteiger partial charge in [0, 0.05) is 13.1 Å². The summed E-state index contributed by atoms with van der Waals surface area (Å²) in [5.74, 6) is 0.0411. The monoisotopic (exact) mass is 156 g/mol. The average molecular weight is 156 g/mol. The molecule has 0 aliphatic heterocycles. The summed E-state index contributed by atoms with van der Waals surface area (Å²) < 4.78 is 2.79. The molecule has 1 heterocycles. The summed E-state index contributed by atoms with van der Waals surface area (Å²) >= 11 is 0. The van der Waals surface area contributed by atoms with E-state index in [1.807, 2.05) is 13.8 Å². The Balaban J connectivity index is 3.25. The minimum Gasteiger partial charge on any atom is -0.493 e. The van der Waals surface area contributed by atoms with Crippen molar-refractivity contribution in [1.29, 1.82) is 0 Å². The van der Waals surface area contributed by atoms with E-state index < -0.39 is 0 Å². The lowest BCUT2D eigenvalue weighted by molar-refractivity contribution is 0.418. The van der Waals surface area contributed by atoms with E-state index >= 15 is 0 Å². The molecular weight excluding hydrogens is 144 g/mol. The highest BCUT2D eigenvalue weighted by Gasteiger charge is 2.05. The first-order chi connectivity index (χ1) is 5.20. The zero-order valence-corrected chi connectivity index (χ0v) is 6.74. The lowest BCUT2D eigenvalue weighted by Gasteiger charge is -1.94. The Kier molecular flexibility index (Phi) is 2.03. The quantitative estimate of drug-likeness (QED) is 0.673. The van der Waals surface area contributed by atoms with Crippen LogP contribution < -0.4 is 5.69 Å². The van der Waals surface area contributed by atoms with Crippen LogP contribution in [0.15, 0.2) is 11.0 Å². The molecule has 0 amide bonds. The molecule has 0 aliphatic carbocycles. The summed E-state index contributed by atoms with van der Waals surface area (Å²) in [4.78, 5) is 11.2. The number of aromatic nitrogens is 2. The Hall–Kier alpha value is -1.19. The highest BCUT2D eigenvalue weighted by molar-refractivity contribution is 5.04. The van der Waals surface area contributed by atoms with Gasteiger partial charge in [0.15, 0.2) is 0 Å². The van der Waals surface area contributed by atoms with Gasteiger partial charge >= 0.3 is 5.69 Å². The van der Waals surface area contributed by atoms with Crippen molar-refractivity contribution < 1.29 is 5.11 Å². The van der Waals surface area contributed by atoms with Crippen molar-refractivity contribution in [2.24, 2.45) is 0 Å². The fraction of sp³-hybridized carbons (Fsp3) is 0.571. The average Bonchev–Trinajstić information content (AvgIpc) is 2.26. The number of aryl methyl sites for hydroxylation is 1. The number of aromatic hydroxyl groups is 1. The smallest absolute Gasteiger partial charge is 0.331 e. The lowest BCUT2D eigenvalue weighted by Crippen LogP contribution is -2.22. The molecule has 1 aromatic heterocycles. The van der Waals surface area contributed by atoms with Gasteiger partial charge in [0.2, 0.25) is 5.88 Å². The maximum atomic E-state index is 11.2. The number of hydrogen-bond acceptors (Lipinski definition) is 2. The van der Waals surface area contributed by atoms with Gasteiger partial charge in [-0.15, -0.1) is 0 Å². The molecule has 11 heavy (non-hydrogen) atoms. The maximum absolute atomic E-state index is 11.2. The molecule has 0 aliphatic rings. The van der Waals surface area contributed by atoms with Crippen molar-refractivity contribution in [2.75, 3.05) is 0 Å². The first kappa shape index (κ1) is 7.91. The largest absolute Gasteiger partial charge is 0.493 e. The van der Waals surface area contributed by atoms with Crippen LogP contribution in [-0.4, -0.2) is 14.2 Å². The SMILES string of the molecule is CCn1cc(O)n(CC)c1=O. The lowest BCUT2D eigenvalue weighted by atomic mass is 10.7. The number of imidazole rings is 1. The second-order valence-corrected chi connectivity index (χ2v) is 2.30. The molecule has 0 bridgehead atoms. The zero-order chi connectivity index (χ0) is 8.43. The van der Waals surface area contributed by atoms with Gasteiger partial charge in [0.25, 0.3) is 0 Å². The van der Waals surface area contributed by atoms with E-state index in [1.54, 1.807) is 0 Å². The van der Waals surface area contributed by atoms with Crippen LogP contribution in [0.1, 0.15) is 13.8 Å². The number of nitrogens with zero attached hydrogens (tertiary/aromatic N) is 2. The highest BCUT2D eigenvalue weighted by Crippen LogP contribution is 2.04. The molecule has 1 aromatic rings. The second-order valence-electron chi connectivity index (χ2n) is 2.30. The van der Waals surface area contributed by atoms with Crippen LogP contribution in [0.5, 0.6) is 5.88 Å². The van der Waals surface area contributed by atoms with E-state index in [0.717, 1.165) is 0 Å². The summed E-state index contributed by atoms with van der Waals surface area (Å²) in [7, 11) is 0. The molecule has 0 atom stereocenters. The van der Waals surface area contributed by atoms with E-state index in [0.29, 0.717) is 13.1 Å². The Morgan fingerprint density at radius 1 is 1.45 bits per heavy atom. The molecule has 4 heteroatoms. The Bertz CT molecular complexity index is 298. The van der Waals surface area contributed by atoms with Gasteiger partial charge in [-0.05, 0) is 13.8 Å². The first-order valence-electron chi connectivity index (χ1n) is 3.69. The molecule has 0 aromatic carbocycles. The second kappa shape index (κ2) is 2.82. The van der Waals surface area contributed by atoms with Crippen molar-refractivity contribution in [3.8, 4) is 5.88 Å². The summed E-state index contributed by atoms with van der Waals surface area (Å²) in [5.41, 5.74) is -0.146. The van der Waals surface area contributed by atoms with Gasteiger partial charge in [-0.3, -0.25) is 9.13 Å². The fourth-order valence-corrected chi connectivity index (χ4v) is 1.04. The molecule has 1 rings (SSSR count). The zero-order valence-electron chi connectivity index (χ0n) is 6.74. The van der Waals surface area contributed by atoms with Crippen LogP contribution >= 0.6 is 0 Å². The van der Waals surface area contributed by atoms with Crippen LogP contribution in [0.3, 0.4) is 0 Å². The molecule has 0 unspecified atom stereocenters. The molecule has 1 N–H and O–H groups in total. The van der Waals surface area contributed by atoms with E-state index in [-0.39, 0.29) is 11.6 Å². The van der Waals surface area contributed by atoms with Crippen LogP contribution in [0.25, 0.3) is 0 Å². The minimum atomic E-state index is -0.146. The van der Waals surface area contributed by atoms with Crippen molar-refractivity contribution >= 4 is 0 Å². The molecule has 62 valence electrons. The normalized spacial score (nSPS) is 10.4. The molecule has 0 saturated heterocycles. The van der Waals surface area contributed by atoms with Gasteiger partial charge in [-0.1, -0.05) is 0 Å². The molecule has 0 spiro atoms. The van der Waals surface area contributed by atoms with Gasteiger partial charge in [-0.25, -0.2) is 4.79 Å². The molecule has 0 radical (unpaired) electrons. The van der Waals surface area contributed by atoms with Crippen molar-refractivity contribution in [2.45, 2.75) is 26.9 Å². The third-order valence-electron chi connectivity index (χ3n) is 1.68. The minimum absolute atomic E-state index is 0.0411. The maximum Gasteiger partial charge on any atom is 0.331 e. The fourth-order valence-electron chi connectivity index (χ4n) is 1.04. The van der Waals surface area contributed by atoms with E-state index in [4.69, 9.17) is 0 Å². The molecule has 4 nitrogen and oxygen atoms in total. The van der Waals surface area contributed by atoms with Gasteiger partial charge in [-0.2, -0.15) is 0 Å². The van der Waals surface area contributed by atoms with Gasteiger partial charge in [0.05, 0.1) is 6.20 Å². The summed E-state index contributed by atoms with van der Waals surface area (Å²) in [6, 6.07) is 0. The van der Waals surface area contributed by atoms with Crippen molar-refractivity contribution in [3.63, 3.8) is 0 Å². The van der Waals surface area contributed by atoms with Gasteiger partial charge in [0.1, 0.15) is 0 Å². The molecule has 0 saturated carbocycles. The van der Waals surface area contributed by atoms with E-state index in [9.17, 15) is 9.90 Å². The molecule has 0 fully saturated rings. The van der Waals surface area contributed by atoms with Crippen molar-refractivity contribution in [3.05, 3.63) is 16.7 Å². The predicted octanol–water partition coefficient (Wildman–Crippen LogP) is 0.395. The number of rotatable bonds is 2. The highest BCUT2D eigenvalue weighted by atomic mass is 16.3. The number of hydrogen-bond donors (Lipinski definition) is 1. The summed E-state index contributed by atoms with van der Waals surface area (Å²) in [6.07, 6.45) is 1.45. The third kappa shape index (κ3) is 1.15. The Morgan fingerprint density at radius 2 is 2.09 bits per heavy atom. The molecular formula is C7H12N2O2. The van der Waals surface area contributed by atoms with Crippen LogP contribution in [0.2, 0.25) is 0 Å². The van der Waals surface area contributed by atoms with E-state index in [2.05, 4.69) is 0 Å². The summed E-state index contributed by atoms with van der Waals surface area (Å²) in [6.45, 7) is 4.79. The Labute approximate surface area is 64.7 Å². The standard InChI is InChI=1S/C7H12N2O2/c1-3-8-5-6(10)9(4-2)7(8)11/h5,10H,3-4H2,1-2H3. The van der Waals surface area contributed by atoms with E-state index in [1.165, 1.54) is 15.3 Å².